The second-order valence-corrected chi connectivity index (χ2v) is 5.19. The lowest BCUT2D eigenvalue weighted by Crippen LogP contribution is -2.40. The van der Waals surface area contributed by atoms with Gasteiger partial charge in [-0.15, -0.1) is 0 Å². The zero-order chi connectivity index (χ0) is 11.9. The Kier molecular flexibility index (Phi) is 5.49. The van der Waals surface area contributed by atoms with E-state index in [1.54, 1.807) is 0 Å². The zero-order valence-corrected chi connectivity index (χ0v) is 10.7. The third-order valence-corrected chi connectivity index (χ3v) is 3.87. The van der Waals surface area contributed by atoms with Crippen molar-refractivity contribution >= 4 is 0 Å². The minimum absolute atomic E-state index is 0.268. The first-order valence-electron chi connectivity index (χ1n) is 7.00. The summed E-state index contributed by atoms with van der Waals surface area (Å²) in [7, 11) is 0. The van der Waals surface area contributed by atoms with Crippen molar-refractivity contribution in [2.45, 2.75) is 44.6 Å². The number of rotatable bonds is 5. The van der Waals surface area contributed by atoms with Crippen LogP contribution >= 0.6 is 0 Å². The Hall–Kier alpha value is -0.380. The van der Waals surface area contributed by atoms with Crippen molar-refractivity contribution in [2.75, 3.05) is 32.9 Å². The Morgan fingerprint density at radius 3 is 2.76 bits per heavy atom. The van der Waals surface area contributed by atoms with Crippen molar-refractivity contribution in [1.29, 1.82) is 0 Å². The SMILES string of the molecule is OCCN(CC1=CCCOC1)C1CCCCC1. The van der Waals surface area contributed by atoms with E-state index in [-0.39, 0.29) is 6.61 Å². The first kappa shape index (κ1) is 13.1. The molecule has 98 valence electrons. The van der Waals surface area contributed by atoms with Crippen LogP contribution in [0.15, 0.2) is 11.6 Å². The van der Waals surface area contributed by atoms with Crippen LogP contribution in [-0.4, -0.2) is 49.0 Å². The summed E-state index contributed by atoms with van der Waals surface area (Å²) < 4.78 is 5.49. The molecule has 0 spiro atoms. The quantitative estimate of drug-likeness (QED) is 0.744. The average molecular weight is 239 g/mol. The van der Waals surface area contributed by atoms with Gasteiger partial charge >= 0.3 is 0 Å². The van der Waals surface area contributed by atoms with Crippen molar-refractivity contribution in [3.63, 3.8) is 0 Å². The van der Waals surface area contributed by atoms with Gasteiger partial charge < -0.3 is 9.84 Å². The second-order valence-electron chi connectivity index (χ2n) is 5.19. The van der Waals surface area contributed by atoms with E-state index in [1.807, 2.05) is 0 Å². The van der Waals surface area contributed by atoms with Crippen molar-refractivity contribution in [2.24, 2.45) is 0 Å². The predicted octanol–water partition coefficient (Wildman–Crippen LogP) is 1.96. The zero-order valence-electron chi connectivity index (χ0n) is 10.7. The van der Waals surface area contributed by atoms with Gasteiger partial charge in [-0.2, -0.15) is 0 Å². The smallest absolute Gasteiger partial charge is 0.0689 e. The molecule has 2 rings (SSSR count). The summed E-state index contributed by atoms with van der Waals surface area (Å²) in [6.07, 6.45) is 10.0. The van der Waals surface area contributed by atoms with Gasteiger partial charge in [0.25, 0.3) is 0 Å². The highest BCUT2D eigenvalue weighted by atomic mass is 16.5. The monoisotopic (exact) mass is 239 g/mol. The molecule has 17 heavy (non-hydrogen) atoms. The molecule has 0 amide bonds. The first-order valence-corrected chi connectivity index (χ1v) is 7.00. The van der Waals surface area contributed by atoms with Gasteiger partial charge in [-0.05, 0) is 24.8 Å². The van der Waals surface area contributed by atoms with Gasteiger partial charge in [-0.1, -0.05) is 25.3 Å². The maximum atomic E-state index is 9.20. The molecule has 1 aliphatic heterocycles. The standard InChI is InChI=1S/C14H25NO2/c16-9-8-15(14-6-2-1-3-7-14)11-13-5-4-10-17-12-13/h5,14,16H,1-4,6-12H2. The van der Waals surface area contributed by atoms with Crippen LogP contribution in [0.3, 0.4) is 0 Å². The van der Waals surface area contributed by atoms with Crippen LogP contribution < -0.4 is 0 Å². The summed E-state index contributed by atoms with van der Waals surface area (Å²) in [4.78, 5) is 2.46. The van der Waals surface area contributed by atoms with E-state index in [0.29, 0.717) is 6.04 Å². The van der Waals surface area contributed by atoms with Crippen molar-refractivity contribution in [3.8, 4) is 0 Å². The molecule has 0 radical (unpaired) electrons. The number of hydrogen-bond donors (Lipinski definition) is 1. The lowest BCUT2D eigenvalue weighted by atomic mass is 9.93. The molecule has 1 fully saturated rings. The molecule has 1 N–H and O–H groups in total. The molecule has 0 aromatic heterocycles. The molecular weight excluding hydrogens is 214 g/mol. The Bertz CT molecular complexity index is 247. The lowest BCUT2D eigenvalue weighted by Gasteiger charge is -2.35. The number of hydrogen-bond acceptors (Lipinski definition) is 3. The number of aliphatic hydroxyl groups is 1. The van der Waals surface area contributed by atoms with Crippen LogP contribution in [0.2, 0.25) is 0 Å². The maximum Gasteiger partial charge on any atom is 0.0689 e. The Balaban J connectivity index is 1.88. The second kappa shape index (κ2) is 7.14. The van der Waals surface area contributed by atoms with Gasteiger partial charge in [0.1, 0.15) is 0 Å². The van der Waals surface area contributed by atoms with Gasteiger partial charge in [0.15, 0.2) is 0 Å². The minimum atomic E-state index is 0.268. The third kappa shape index (κ3) is 4.09. The van der Waals surface area contributed by atoms with Crippen LogP contribution in [0.4, 0.5) is 0 Å². The molecule has 0 atom stereocenters. The van der Waals surface area contributed by atoms with E-state index in [9.17, 15) is 5.11 Å². The summed E-state index contributed by atoms with van der Waals surface area (Å²) in [5.74, 6) is 0. The highest BCUT2D eigenvalue weighted by Crippen LogP contribution is 2.23. The normalized spacial score (nSPS) is 22.8. The van der Waals surface area contributed by atoms with Crippen molar-refractivity contribution in [1.82, 2.24) is 4.90 Å². The summed E-state index contributed by atoms with van der Waals surface area (Å²) >= 11 is 0. The maximum absolute atomic E-state index is 9.20. The summed E-state index contributed by atoms with van der Waals surface area (Å²) in [5.41, 5.74) is 1.40. The summed E-state index contributed by atoms with van der Waals surface area (Å²) in [6, 6.07) is 0.679. The van der Waals surface area contributed by atoms with E-state index in [4.69, 9.17) is 4.74 Å². The van der Waals surface area contributed by atoms with Gasteiger partial charge in [0.2, 0.25) is 0 Å². The predicted molar refractivity (Wildman–Crippen MR) is 69.1 cm³/mol. The highest BCUT2D eigenvalue weighted by molar-refractivity contribution is 5.07. The molecule has 0 bridgehead atoms. The van der Waals surface area contributed by atoms with Crippen molar-refractivity contribution < 1.29 is 9.84 Å². The fraction of sp³-hybridized carbons (Fsp3) is 0.857. The number of nitrogens with zero attached hydrogens (tertiary/aromatic N) is 1. The summed E-state index contributed by atoms with van der Waals surface area (Å²) in [5, 5.41) is 9.20. The van der Waals surface area contributed by atoms with Gasteiger partial charge in [0.05, 0.1) is 19.8 Å². The van der Waals surface area contributed by atoms with Gasteiger partial charge in [-0.3, -0.25) is 4.90 Å². The first-order chi connectivity index (χ1) is 8.40. The molecule has 3 heteroatoms. The average Bonchev–Trinajstić information content (AvgIpc) is 2.40. The number of ether oxygens (including phenoxy) is 1. The molecular formula is C14H25NO2. The van der Waals surface area contributed by atoms with Crippen LogP contribution in [-0.2, 0) is 4.74 Å². The molecule has 3 nitrogen and oxygen atoms in total. The molecule has 0 saturated heterocycles. The largest absolute Gasteiger partial charge is 0.395 e. The van der Waals surface area contributed by atoms with Crippen molar-refractivity contribution in [3.05, 3.63) is 11.6 Å². The van der Waals surface area contributed by atoms with E-state index >= 15 is 0 Å². The Labute approximate surface area is 104 Å². The Morgan fingerprint density at radius 2 is 2.12 bits per heavy atom. The van der Waals surface area contributed by atoms with E-state index in [1.165, 1.54) is 37.7 Å². The molecule has 1 saturated carbocycles. The molecule has 0 unspecified atom stereocenters. The number of aliphatic hydroxyl groups excluding tert-OH is 1. The fourth-order valence-electron chi connectivity index (χ4n) is 2.94. The molecule has 0 aromatic carbocycles. The molecule has 0 aromatic rings. The van der Waals surface area contributed by atoms with Crippen LogP contribution in [0.1, 0.15) is 38.5 Å². The topological polar surface area (TPSA) is 32.7 Å². The molecule has 1 heterocycles. The van der Waals surface area contributed by atoms with E-state index in [2.05, 4.69) is 11.0 Å². The van der Waals surface area contributed by atoms with Crippen LogP contribution in [0.25, 0.3) is 0 Å². The van der Waals surface area contributed by atoms with Crippen LogP contribution in [0.5, 0.6) is 0 Å². The minimum Gasteiger partial charge on any atom is -0.395 e. The summed E-state index contributed by atoms with van der Waals surface area (Å²) in [6.45, 7) is 3.72. The Morgan fingerprint density at radius 1 is 1.29 bits per heavy atom. The van der Waals surface area contributed by atoms with E-state index in [0.717, 1.165) is 32.7 Å². The van der Waals surface area contributed by atoms with Gasteiger partial charge in [-0.25, -0.2) is 0 Å². The lowest BCUT2D eigenvalue weighted by molar-refractivity contribution is 0.112. The third-order valence-electron chi connectivity index (χ3n) is 3.87. The van der Waals surface area contributed by atoms with Crippen LogP contribution in [0, 0.1) is 0 Å². The van der Waals surface area contributed by atoms with Gasteiger partial charge in [0, 0.05) is 19.1 Å². The fourth-order valence-corrected chi connectivity index (χ4v) is 2.94. The molecule has 2 aliphatic rings. The van der Waals surface area contributed by atoms with E-state index < -0.39 is 0 Å². The highest BCUT2D eigenvalue weighted by Gasteiger charge is 2.21. The molecule has 1 aliphatic carbocycles.